The molecule has 0 aliphatic heterocycles. The quantitative estimate of drug-likeness (QED) is 0.641. The summed E-state index contributed by atoms with van der Waals surface area (Å²) in [5.41, 5.74) is 7.65. The Kier molecular flexibility index (Phi) is 6.09. The number of carbonyl (C=O) groups excluding carboxylic acids is 1. The van der Waals surface area contributed by atoms with Crippen LogP contribution in [-0.4, -0.2) is 11.9 Å². The van der Waals surface area contributed by atoms with Crippen molar-refractivity contribution in [1.82, 2.24) is 5.32 Å². The SMILES string of the molecule is C[C@@H](NC(=O)CCc1cccc(N)c1)C1CCCCCC1. The highest BCUT2D eigenvalue weighted by Gasteiger charge is 2.20. The monoisotopic (exact) mass is 288 g/mol. The number of hydrogen-bond donors (Lipinski definition) is 2. The summed E-state index contributed by atoms with van der Waals surface area (Å²) in [6.07, 6.45) is 9.16. The summed E-state index contributed by atoms with van der Waals surface area (Å²) in [6, 6.07) is 8.09. The van der Waals surface area contributed by atoms with Gasteiger partial charge in [-0.1, -0.05) is 37.8 Å². The summed E-state index contributed by atoms with van der Waals surface area (Å²) >= 11 is 0. The Morgan fingerprint density at radius 2 is 2.00 bits per heavy atom. The van der Waals surface area contributed by atoms with Crippen LogP contribution in [0.4, 0.5) is 5.69 Å². The van der Waals surface area contributed by atoms with Gasteiger partial charge in [0, 0.05) is 18.2 Å². The molecule has 0 aromatic heterocycles. The summed E-state index contributed by atoms with van der Waals surface area (Å²) in [5, 5.41) is 3.19. The molecule has 1 aliphatic rings. The van der Waals surface area contributed by atoms with Crippen molar-refractivity contribution in [3.05, 3.63) is 29.8 Å². The van der Waals surface area contributed by atoms with Crippen LogP contribution in [0.1, 0.15) is 57.4 Å². The highest BCUT2D eigenvalue weighted by Crippen LogP contribution is 2.25. The van der Waals surface area contributed by atoms with Crippen molar-refractivity contribution in [1.29, 1.82) is 0 Å². The van der Waals surface area contributed by atoms with Gasteiger partial charge >= 0.3 is 0 Å². The van der Waals surface area contributed by atoms with E-state index >= 15 is 0 Å². The minimum atomic E-state index is 0.161. The second-order valence-electron chi connectivity index (χ2n) is 6.35. The number of nitrogens with one attached hydrogen (secondary N) is 1. The minimum Gasteiger partial charge on any atom is -0.399 e. The van der Waals surface area contributed by atoms with Gasteiger partial charge in [-0.15, -0.1) is 0 Å². The van der Waals surface area contributed by atoms with E-state index in [-0.39, 0.29) is 5.91 Å². The molecule has 1 amide bonds. The number of anilines is 1. The van der Waals surface area contributed by atoms with Gasteiger partial charge in [0.2, 0.25) is 5.91 Å². The molecule has 3 nitrogen and oxygen atoms in total. The van der Waals surface area contributed by atoms with Gasteiger partial charge in [-0.2, -0.15) is 0 Å². The fourth-order valence-electron chi connectivity index (χ4n) is 3.26. The normalized spacial score (nSPS) is 18.0. The van der Waals surface area contributed by atoms with E-state index in [4.69, 9.17) is 5.73 Å². The van der Waals surface area contributed by atoms with Crippen molar-refractivity contribution in [2.75, 3.05) is 5.73 Å². The molecule has 0 heterocycles. The zero-order valence-corrected chi connectivity index (χ0v) is 13.1. The van der Waals surface area contributed by atoms with E-state index in [1.165, 1.54) is 38.5 Å². The van der Waals surface area contributed by atoms with Gasteiger partial charge < -0.3 is 11.1 Å². The standard InChI is InChI=1S/C18H28N2O/c1-14(16-8-4-2-3-5-9-16)20-18(21)12-11-15-7-6-10-17(19)13-15/h6-7,10,13-14,16H,2-5,8-9,11-12,19H2,1H3,(H,20,21)/t14-/m1/s1. The van der Waals surface area contributed by atoms with E-state index in [0.717, 1.165) is 17.7 Å². The van der Waals surface area contributed by atoms with Crippen molar-refractivity contribution in [2.45, 2.75) is 64.3 Å². The van der Waals surface area contributed by atoms with Crippen LogP contribution in [0.15, 0.2) is 24.3 Å². The maximum atomic E-state index is 12.1. The summed E-state index contributed by atoms with van der Waals surface area (Å²) < 4.78 is 0. The van der Waals surface area contributed by atoms with Crippen LogP contribution in [0, 0.1) is 5.92 Å². The van der Waals surface area contributed by atoms with Crippen LogP contribution in [0.25, 0.3) is 0 Å². The predicted molar refractivity (Wildman–Crippen MR) is 88.0 cm³/mol. The highest BCUT2D eigenvalue weighted by atomic mass is 16.1. The van der Waals surface area contributed by atoms with Crippen LogP contribution in [0.2, 0.25) is 0 Å². The molecule has 3 heteroatoms. The van der Waals surface area contributed by atoms with Crippen molar-refractivity contribution in [3.63, 3.8) is 0 Å². The number of nitrogen functional groups attached to an aromatic ring is 1. The molecule has 21 heavy (non-hydrogen) atoms. The molecule has 0 spiro atoms. The summed E-state index contributed by atoms with van der Waals surface area (Å²) in [4.78, 5) is 12.1. The molecule has 1 fully saturated rings. The lowest BCUT2D eigenvalue weighted by Crippen LogP contribution is -2.38. The van der Waals surface area contributed by atoms with Crippen molar-refractivity contribution < 1.29 is 4.79 Å². The molecule has 116 valence electrons. The Balaban J connectivity index is 1.75. The van der Waals surface area contributed by atoms with Crippen molar-refractivity contribution in [3.8, 4) is 0 Å². The van der Waals surface area contributed by atoms with E-state index in [1.807, 2.05) is 24.3 Å². The van der Waals surface area contributed by atoms with Gasteiger partial charge in [0.1, 0.15) is 0 Å². The molecular weight excluding hydrogens is 260 g/mol. The molecule has 3 N–H and O–H groups in total. The molecule has 1 aromatic rings. The average molecular weight is 288 g/mol. The summed E-state index contributed by atoms with van der Waals surface area (Å²) in [6.45, 7) is 2.16. The molecule has 0 saturated heterocycles. The van der Waals surface area contributed by atoms with E-state index in [1.54, 1.807) is 0 Å². The largest absolute Gasteiger partial charge is 0.399 e. The number of rotatable bonds is 5. The topological polar surface area (TPSA) is 55.1 Å². The van der Waals surface area contributed by atoms with Gasteiger partial charge in [-0.3, -0.25) is 4.79 Å². The third-order valence-corrected chi connectivity index (χ3v) is 4.59. The summed E-state index contributed by atoms with van der Waals surface area (Å²) in [7, 11) is 0. The number of aryl methyl sites for hydroxylation is 1. The Bertz CT molecular complexity index is 450. The highest BCUT2D eigenvalue weighted by molar-refractivity contribution is 5.76. The average Bonchev–Trinajstić information content (AvgIpc) is 2.74. The molecule has 2 rings (SSSR count). The van der Waals surface area contributed by atoms with Crippen molar-refractivity contribution >= 4 is 11.6 Å². The fourth-order valence-corrected chi connectivity index (χ4v) is 3.26. The van der Waals surface area contributed by atoms with Gasteiger partial charge in [0.25, 0.3) is 0 Å². The van der Waals surface area contributed by atoms with E-state index in [9.17, 15) is 4.79 Å². The second-order valence-corrected chi connectivity index (χ2v) is 6.35. The third kappa shape index (κ3) is 5.41. The predicted octanol–water partition coefficient (Wildman–Crippen LogP) is 3.68. The lowest BCUT2D eigenvalue weighted by atomic mass is 9.93. The third-order valence-electron chi connectivity index (χ3n) is 4.59. The summed E-state index contributed by atoms with van der Waals surface area (Å²) in [5.74, 6) is 0.818. The number of nitrogens with two attached hydrogens (primary N) is 1. The van der Waals surface area contributed by atoms with Gasteiger partial charge in [0.15, 0.2) is 0 Å². The number of benzene rings is 1. The van der Waals surface area contributed by atoms with Crippen LogP contribution in [0.3, 0.4) is 0 Å². The lowest BCUT2D eigenvalue weighted by Gasteiger charge is -2.23. The molecule has 0 radical (unpaired) electrons. The molecule has 1 saturated carbocycles. The number of carbonyl (C=O) groups is 1. The Labute approximate surface area is 128 Å². The van der Waals surface area contributed by atoms with E-state index in [0.29, 0.717) is 18.4 Å². The van der Waals surface area contributed by atoms with Crippen LogP contribution in [0.5, 0.6) is 0 Å². The second kappa shape index (κ2) is 8.06. The zero-order valence-electron chi connectivity index (χ0n) is 13.1. The first kappa shape index (κ1) is 15.9. The first-order valence-electron chi connectivity index (χ1n) is 8.29. The Morgan fingerprint density at radius 3 is 2.67 bits per heavy atom. The van der Waals surface area contributed by atoms with Crippen LogP contribution >= 0.6 is 0 Å². The molecule has 1 aromatic carbocycles. The first-order chi connectivity index (χ1) is 10.1. The molecule has 0 bridgehead atoms. The van der Waals surface area contributed by atoms with E-state index < -0.39 is 0 Å². The maximum absolute atomic E-state index is 12.1. The maximum Gasteiger partial charge on any atom is 0.220 e. The number of hydrogen-bond acceptors (Lipinski definition) is 2. The number of amides is 1. The Hall–Kier alpha value is -1.51. The van der Waals surface area contributed by atoms with Gasteiger partial charge in [0.05, 0.1) is 0 Å². The van der Waals surface area contributed by atoms with Gasteiger partial charge in [-0.05, 0) is 49.8 Å². The molecule has 0 unspecified atom stereocenters. The molecule has 1 aliphatic carbocycles. The molecule has 1 atom stereocenters. The lowest BCUT2D eigenvalue weighted by molar-refractivity contribution is -0.122. The van der Waals surface area contributed by atoms with Crippen LogP contribution < -0.4 is 11.1 Å². The zero-order chi connectivity index (χ0) is 15.1. The fraction of sp³-hybridized carbons (Fsp3) is 0.611. The minimum absolute atomic E-state index is 0.161. The van der Waals surface area contributed by atoms with Gasteiger partial charge in [-0.25, -0.2) is 0 Å². The Morgan fingerprint density at radius 1 is 1.29 bits per heavy atom. The smallest absolute Gasteiger partial charge is 0.220 e. The van der Waals surface area contributed by atoms with Crippen LogP contribution in [-0.2, 0) is 11.2 Å². The van der Waals surface area contributed by atoms with Crippen molar-refractivity contribution in [2.24, 2.45) is 5.92 Å². The first-order valence-corrected chi connectivity index (χ1v) is 8.29. The molecular formula is C18H28N2O. The van der Waals surface area contributed by atoms with E-state index in [2.05, 4.69) is 12.2 Å².